The number of likely N-dealkylation sites (N-methyl/N-ethyl adjacent to an activating group) is 1. The largest absolute Gasteiger partial charge is 0.365 e. The lowest BCUT2D eigenvalue weighted by molar-refractivity contribution is -0.382. The Hall–Kier alpha value is -2.21. The number of nitrogens with zero attached hydrogens (tertiary/aromatic N) is 3. The van der Waals surface area contributed by atoms with E-state index in [1.807, 2.05) is 11.8 Å². The minimum atomic E-state index is -0.349. The van der Waals surface area contributed by atoms with Gasteiger partial charge in [-0.05, 0) is 31.2 Å². The van der Waals surface area contributed by atoms with Crippen molar-refractivity contribution in [3.05, 3.63) is 40.6 Å². The van der Waals surface area contributed by atoms with Gasteiger partial charge in [0.15, 0.2) is 0 Å². The van der Waals surface area contributed by atoms with Crippen LogP contribution in [0.25, 0.3) is 10.9 Å². The van der Waals surface area contributed by atoms with Gasteiger partial charge in [0.1, 0.15) is 5.69 Å². The summed E-state index contributed by atoms with van der Waals surface area (Å²) in [6, 6.07) is 6.97. The summed E-state index contributed by atoms with van der Waals surface area (Å²) in [7, 11) is 0. The van der Waals surface area contributed by atoms with Crippen molar-refractivity contribution in [2.24, 2.45) is 5.73 Å². The average molecular weight is 260 g/mol. The van der Waals surface area contributed by atoms with Gasteiger partial charge >= 0.3 is 5.69 Å². The lowest BCUT2D eigenvalue weighted by Crippen LogP contribution is -2.29. The first-order chi connectivity index (χ1) is 9.19. The Bertz CT molecular complexity index is 600. The molecule has 0 aliphatic heterocycles. The molecule has 2 rings (SSSR count). The summed E-state index contributed by atoms with van der Waals surface area (Å²) < 4.78 is 0. The monoisotopic (exact) mass is 260 g/mol. The zero-order chi connectivity index (χ0) is 13.8. The SMILES string of the molecule is CCN(CCN)c1ccc2ncccc2c1[N+](=O)[O-]. The van der Waals surface area contributed by atoms with Crippen molar-refractivity contribution in [2.45, 2.75) is 6.92 Å². The molecule has 0 amide bonds. The lowest BCUT2D eigenvalue weighted by atomic mass is 10.1. The molecule has 0 saturated heterocycles. The highest BCUT2D eigenvalue weighted by Gasteiger charge is 2.22. The van der Waals surface area contributed by atoms with Gasteiger partial charge in [-0.25, -0.2) is 0 Å². The first kappa shape index (κ1) is 13.2. The number of nitro benzene ring substituents is 1. The van der Waals surface area contributed by atoms with E-state index in [0.717, 1.165) is 0 Å². The van der Waals surface area contributed by atoms with Crippen LogP contribution in [0.4, 0.5) is 11.4 Å². The molecular formula is C13H16N4O2. The fourth-order valence-corrected chi connectivity index (χ4v) is 2.18. The molecule has 2 aromatic rings. The molecule has 0 radical (unpaired) electrons. The summed E-state index contributed by atoms with van der Waals surface area (Å²) in [6.07, 6.45) is 1.63. The second-order valence-corrected chi connectivity index (χ2v) is 4.13. The van der Waals surface area contributed by atoms with Gasteiger partial charge in [0.25, 0.3) is 0 Å². The van der Waals surface area contributed by atoms with Gasteiger partial charge in [-0.3, -0.25) is 15.1 Å². The maximum Gasteiger partial charge on any atom is 0.301 e. The number of hydrogen-bond donors (Lipinski definition) is 1. The topological polar surface area (TPSA) is 85.3 Å². The van der Waals surface area contributed by atoms with Crippen molar-refractivity contribution in [3.63, 3.8) is 0 Å². The second-order valence-electron chi connectivity index (χ2n) is 4.13. The van der Waals surface area contributed by atoms with Crippen LogP contribution in [0.3, 0.4) is 0 Å². The number of rotatable bonds is 5. The highest BCUT2D eigenvalue weighted by Crippen LogP contribution is 2.34. The molecule has 0 saturated carbocycles. The van der Waals surface area contributed by atoms with E-state index >= 15 is 0 Å². The predicted molar refractivity (Wildman–Crippen MR) is 75.3 cm³/mol. The predicted octanol–water partition coefficient (Wildman–Crippen LogP) is 1.93. The van der Waals surface area contributed by atoms with Crippen molar-refractivity contribution in [2.75, 3.05) is 24.5 Å². The third kappa shape index (κ3) is 2.48. The molecule has 0 aliphatic carbocycles. The van der Waals surface area contributed by atoms with Crippen molar-refractivity contribution in [1.82, 2.24) is 4.98 Å². The molecule has 0 fully saturated rings. The molecule has 0 bridgehead atoms. The van der Waals surface area contributed by atoms with Crippen LogP contribution in [0.5, 0.6) is 0 Å². The van der Waals surface area contributed by atoms with E-state index in [9.17, 15) is 10.1 Å². The molecule has 6 nitrogen and oxygen atoms in total. The second kappa shape index (κ2) is 5.62. The van der Waals surface area contributed by atoms with Crippen molar-refractivity contribution in [3.8, 4) is 0 Å². The molecule has 100 valence electrons. The highest BCUT2D eigenvalue weighted by molar-refractivity contribution is 5.94. The minimum absolute atomic E-state index is 0.0981. The molecule has 1 aromatic carbocycles. The van der Waals surface area contributed by atoms with Gasteiger partial charge in [-0.1, -0.05) is 0 Å². The number of pyridine rings is 1. The number of benzene rings is 1. The number of hydrogen-bond acceptors (Lipinski definition) is 5. The Morgan fingerprint density at radius 2 is 2.21 bits per heavy atom. The molecule has 2 N–H and O–H groups in total. The van der Waals surface area contributed by atoms with Crippen LogP contribution < -0.4 is 10.6 Å². The number of aromatic nitrogens is 1. The first-order valence-corrected chi connectivity index (χ1v) is 6.16. The third-order valence-corrected chi connectivity index (χ3v) is 3.04. The smallest absolute Gasteiger partial charge is 0.301 e. The van der Waals surface area contributed by atoms with Gasteiger partial charge in [-0.15, -0.1) is 0 Å². The van der Waals surface area contributed by atoms with Gasteiger partial charge in [0.05, 0.1) is 15.8 Å². The molecule has 1 aromatic heterocycles. The minimum Gasteiger partial charge on any atom is -0.365 e. The number of nitrogens with two attached hydrogens (primary N) is 1. The van der Waals surface area contributed by atoms with Crippen LogP contribution in [0.1, 0.15) is 6.92 Å². The van der Waals surface area contributed by atoms with E-state index in [4.69, 9.17) is 5.73 Å². The van der Waals surface area contributed by atoms with Crippen LogP contribution in [0.15, 0.2) is 30.5 Å². The maximum absolute atomic E-state index is 11.4. The summed E-state index contributed by atoms with van der Waals surface area (Å²) in [6.45, 7) is 3.66. The average Bonchev–Trinajstić information content (AvgIpc) is 2.43. The van der Waals surface area contributed by atoms with Crippen molar-refractivity contribution < 1.29 is 4.92 Å². The molecule has 0 unspecified atom stereocenters. The van der Waals surface area contributed by atoms with Crippen LogP contribution in [-0.2, 0) is 0 Å². The summed E-state index contributed by atoms with van der Waals surface area (Å²) in [5, 5.41) is 11.9. The normalized spacial score (nSPS) is 10.6. The summed E-state index contributed by atoms with van der Waals surface area (Å²) in [5.41, 5.74) is 6.88. The standard InChI is InChI=1S/C13H16N4O2/c1-2-16(9-7-14)12-6-5-11-10(4-3-8-15-11)13(12)17(18)19/h3-6,8H,2,7,9,14H2,1H3. The van der Waals surface area contributed by atoms with E-state index in [2.05, 4.69) is 4.98 Å². The first-order valence-electron chi connectivity index (χ1n) is 6.16. The van der Waals surface area contributed by atoms with Crippen LogP contribution in [-0.4, -0.2) is 29.5 Å². The van der Waals surface area contributed by atoms with Gasteiger partial charge in [0.2, 0.25) is 0 Å². The Morgan fingerprint density at radius 3 is 2.84 bits per heavy atom. The van der Waals surface area contributed by atoms with Gasteiger partial charge < -0.3 is 10.6 Å². The number of anilines is 1. The molecule has 0 spiro atoms. The van der Waals surface area contributed by atoms with E-state index in [0.29, 0.717) is 36.2 Å². The van der Waals surface area contributed by atoms with E-state index in [-0.39, 0.29) is 10.6 Å². The molecule has 6 heteroatoms. The Labute approximate surface area is 111 Å². The highest BCUT2D eigenvalue weighted by atomic mass is 16.6. The lowest BCUT2D eigenvalue weighted by Gasteiger charge is -2.22. The fourth-order valence-electron chi connectivity index (χ4n) is 2.18. The summed E-state index contributed by atoms with van der Waals surface area (Å²) in [5.74, 6) is 0. The van der Waals surface area contributed by atoms with E-state index in [1.165, 1.54) is 0 Å². The van der Waals surface area contributed by atoms with Crippen LogP contribution in [0.2, 0.25) is 0 Å². The maximum atomic E-state index is 11.4. The van der Waals surface area contributed by atoms with Crippen molar-refractivity contribution >= 4 is 22.3 Å². The van der Waals surface area contributed by atoms with E-state index in [1.54, 1.807) is 30.5 Å². The molecule has 0 aliphatic rings. The van der Waals surface area contributed by atoms with E-state index < -0.39 is 0 Å². The zero-order valence-electron chi connectivity index (χ0n) is 10.7. The van der Waals surface area contributed by atoms with Crippen molar-refractivity contribution in [1.29, 1.82) is 0 Å². The number of fused-ring (bicyclic) bond motifs is 1. The Kier molecular flexibility index (Phi) is 3.91. The summed E-state index contributed by atoms with van der Waals surface area (Å²) >= 11 is 0. The number of nitro groups is 1. The zero-order valence-corrected chi connectivity index (χ0v) is 10.7. The quantitative estimate of drug-likeness (QED) is 0.655. The Morgan fingerprint density at radius 1 is 1.42 bits per heavy atom. The molecule has 0 atom stereocenters. The summed E-state index contributed by atoms with van der Waals surface area (Å²) in [4.78, 5) is 17.1. The molecule has 1 heterocycles. The fraction of sp³-hybridized carbons (Fsp3) is 0.308. The van der Waals surface area contributed by atoms with Gasteiger partial charge in [-0.2, -0.15) is 0 Å². The Balaban J connectivity index is 2.66. The van der Waals surface area contributed by atoms with Gasteiger partial charge in [0, 0.05) is 25.8 Å². The third-order valence-electron chi connectivity index (χ3n) is 3.04. The molecular weight excluding hydrogens is 244 g/mol. The van der Waals surface area contributed by atoms with Crippen LogP contribution in [0, 0.1) is 10.1 Å². The van der Waals surface area contributed by atoms with Crippen LogP contribution >= 0.6 is 0 Å². The molecule has 19 heavy (non-hydrogen) atoms.